The average molecular weight is 278 g/mol. The predicted octanol–water partition coefficient (Wildman–Crippen LogP) is 1.28. The molecule has 106 valence electrons. The molecule has 18 heavy (non-hydrogen) atoms. The summed E-state index contributed by atoms with van der Waals surface area (Å²) in [5.74, 6) is -0.370. The van der Waals surface area contributed by atoms with Gasteiger partial charge >= 0.3 is 15.0 Å². The smallest absolute Gasteiger partial charge is 0.462 e. The van der Waals surface area contributed by atoms with Crippen molar-refractivity contribution in [2.24, 2.45) is 0 Å². The number of hydrogen-bond acceptors (Lipinski definition) is 6. The Bertz CT molecular complexity index is 256. The first kappa shape index (κ1) is 17.3. The van der Waals surface area contributed by atoms with Gasteiger partial charge in [0, 0.05) is 33.5 Å². The van der Waals surface area contributed by atoms with E-state index in [1.54, 1.807) is 6.92 Å². The maximum Gasteiger partial charge on any atom is 0.678 e. The van der Waals surface area contributed by atoms with E-state index < -0.39 is 9.05 Å². The van der Waals surface area contributed by atoms with Crippen LogP contribution in [0.25, 0.3) is 0 Å². The molecule has 0 N–H and O–H groups in total. The number of carbonyl (C=O) groups is 1. The van der Waals surface area contributed by atoms with Crippen LogP contribution in [-0.4, -0.2) is 49.6 Å². The van der Waals surface area contributed by atoms with E-state index in [4.69, 9.17) is 22.4 Å². The molecular formula is C11H22O6Si. The van der Waals surface area contributed by atoms with Crippen molar-refractivity contribution in [2.75, 3.05) is 34.5 Å². The van der Waals surface area contributed by atoms with E-state index >= 15 is 0 Å². The Balaban J connectivity index is 3.67. The molecule has 0 aromatic rings. The lowest BCUT2D eigenvalue weighted by Crippen LogP contribution is -2.46. The SMILES string of the molecule is C=C(C)C(=O)OCCCCO[Si](OC)(OC)OC. The van der Waals surface area contributed by atoms with Crippen LogP contribution in [-0.2, 0) is 27.2 Å². The molecule has 0 rings (SSSR count). The van der Waals surface area contributed by atoms with Gasteiger partial charge in [-0.3, -0.25) is 0 Å². The first-order valence-electron chi connectivity index (χ1n) is 5.63. The van der Waals surface area contributed by atoms with Crippen molar-refractivity contribution < 1.29 is 27.2 Å². The van der Waals surface area contributed by atoms with Crippen LogP contribution in [0.2, 0.25) is 0 Å². The first-order chi connectivity index (χ1) is 8.51. The van der Waals surface area contributed by atoms with Crippen LogP contribution in [0.4, 0.5) is 0 Å². The number of hydrogen-bond donors (Lipinski definition) is 0. The number of esters is 1. The highest BCUT2D eigenvalue weighted by Crippen LogP contribution is 2.08. The zero-order chi connectivity index (χ0) is 14.0. The fourth-order valence-corrected chi connectivity index (χ4v) is 2.36. The second kappa shape index (κ2) is 9.23. The van der Waals surface area contributed by atoms with Crippen LogP contribution in [0.1, 0.15) is 19.8 Å². The molecule has 0 radical (unpaired) electrons. The van der Waals surface area contributed by atoms with E-state index in [1.807, 2.05) is 0 Å². The third kappa shape index (κ3) is 6.27. The molecule has 0 heterocycles. The molecule has 0 aromatic heterocycles. The molecule has 0 aromatic carbocycles. The summed E-state index contributed by atoms with van der Waals surface area (Å²) in [6.45, 7) is 5.87. The molecule has 0 fully saturated rings. The molecule has 0 saturated carbocycles. The molecule has 0 aliphatic rings. The van der Waals surface area contributed by atoms with E-state index in [0.29, 0.717) is 31.6 Å². The zero-order valence-electron chi connectivity index (χ0n) is 11.5. The molecule has 0 aliphatic carbocycles. The quantitative estimate of drug-likeness (QED) is 0.260. The van der Waals surface area contributed by atoms with Crippen LogP contribution < -0.4 is 0 Å². The zero-order valence-corrected chi connectivity index (χ0v) is 12.5. The van der Waals surface area contributed by atoms with Gasteiger partial charge in [0.1, 0.15) is 0 Å². The summed E-state index contributed by atoms with van der Waals surface area (Å²) >= 11 is 0. The lowest BCUT2D eigenvalue weighted by atomic mass is 10.3. The summed E-state index contributed by atoms with van der Waals surface area (Å²) in [6, 6.07) is 0. The lowest BCUT2D eigenvalue weighted by molar-refractivity contribution is -0.139. The average Bonchev–Trinajstić information content (AvgIpc) is 2.38. The Hall–Kier alpha value is -0.733. The van der Waals surface area contributed by atoms with Gasteiger partial charge in [0.15, 0.2) is 0 Å². The highest BCUT2D eigenvalue weighted by molar-refractivity contribution is 6.53. The minimum Gasteiger partial charge on any atom is -0.462 e. The van der Waals surface area contributed by atoms with E-state index in [0.717, 1.165) is 0 Å². The van der Waals surface area contributed by atoms with Gasteiger partial charge in [-0.25, -0.2) is 4.79 Å². The summed E-state index contributed by atoms with van der Waals surface area (Å²) in [4.78, 5) is 11.1. The normalized spacial score (nSPS) is 11.3. The second-order valence-electron chi connectivity index (χ2n) is 3.58. The van der Waals surface area contributed by atoms with Crippen LogP contribution >= 0.6 is 0 Å². The van der Waals surface area contributed by atoms with Crippen molar-refractivity contribution in [3.8, 4) is 0 Å². The van der Waals surface area contributed by atoms with Crippen molar-refractivity contribution in [3.63, 3.8) is 0 Å². The van der Waals surface area contributed by atoms with Crippen molar-refractivity contribution in [2.45, 2.75) is 19.8 Å². The van der Waals surface area contributed by atoms with E-state index in [9.17, 15) is 4.79 Å². The molecule has 0 atom stereocenters. The summed E-state index contributed by atoms with van der Waals surface area (Å²) < 4.78 is 25.6. The largest absolute Gasteiger partial charge is 0.678 e. The Labute approximate surface area is 109 Å². The minimum absolute atomic E-state index is 0.344. The van der Waals surface area contributed by atoms with Crippen molar-refractivity contribution in [3.05, 3.63) is 12.2 Å². The summed E-state index contributed by atoms with van der Waals surface area (Å²) in [5, 5.41) is 0. The fourth-order valence-electron chi connectivity index (χ4n) is 1.12. The third-order valence-electron chi connectivity index (χ3n) is 2.15. The van der Waals surface area contributed by atoms with Crippen molar-refractivity contribution in [1.29, 1.82) is 0 Å². The van der Waals surface area contributed by atoms with Crippen molar-refractivity contribution >= 4 is 15.0 Å². The molecule has 0 aliphatic heterocycles. The molecule has 0 saturated heterocycles. The summed E-state index contributed by atoms with van der Waals surface area (Å²) in [7, 11) is 1.50. The Morgan fingerprint density at radius 1 is 1.06 bits per heavy atom. The monoisotopic (exact) mass is 278 g/mol. The standard InChI is InChI=1S/C11H22O6Si/c1-10(2)11(12)16-8-6-7-9-17-18(13-3,14-4)15-5/h1,6-9H2,2-5H3. The maximum atomic E-state index is 11.1. The Morgan fingerprint density at radius 2 is 1.56 bits per heavy atom. The number of unbranched alkanes of at least 4 members (excludes halogenated alkanes) is 1. The highest BCUT2D eigenvalue weighted by atomic mass is 28.4. The number of rotatable bonds is 10. The van der Waals surface area contributed by atoms with Gasteiger partial charge < -0.3 is 22.4 Å². The van der Waals surface area contributed by atoms with Crippen molar-refractivity contribution in [1.82, 2.24) is 0 Å². The Kier molecular flexibility index (Phi) is 8.85. The molecule has 7 heteroatoms. The maximum absolute atomic E-state index is 11.1. The van der Waals surface area contributed by atoms with Gasteiger partial charge in [0.25, 0.3) is 0 Å². The van der Waals surface area contributed by atoms with Gasteiger partial charge in [-0.15, -0.1) is 0 Å². The van der Waals surface area contributed by atoms with Gasteiger partial charge in [-0.2, -0.15) is 0 Å². The molecule has 6 nitrogen and oxygen atoms in total. The molecule has 0 unspecified atom stereocenters. The minimum atomic E-state index is -2.94. The fraction of sp³-hybridized carbons (Fsp3) is 0.727. The van der Waals surface area contributed by atoms with Gasteiger partial charge in [0.2, 0.25) is 0 Å². The third-order valence-corrected chi connectivity index (χ3v) is 4.21. The van der Waals surface area contributed by atoms with Crippen LogP contribution in [0.5, 0.6) is 0 Å². The molecular weight excluding hydrogens is 256 g/mol. The highest BCUT2D eigenvalue weighted by Gasteiger charge is 2.41. The predicted molar refractivity (Wildman–Crippen MR) is 67.7 cm³/mol. The lowest BCUT2D eigenvalue weighted by Gasteiger charge is -2.22. The topological polar surface area (TPSA) is 63.2 Å². The van der Waals surface area contributed by atoms with E-state index in [1.165, 1.54) is 21.3 Å². The van der Waals surface area contributed by atoms with Gasteiger partial charge in [-0.1, -0.05) is 6.58 Å². The first-order valence-corrected chi connectivity index (χ1v) is 7.26. The number of carbonyl (C=O) groups excluding carboxylic acids is 1. The molecule has 0 bridgehead atoms. The van der Waals surface area contributed by atoms with E-state index in [-0.39, 0.29) is 5.97 Å². The van der Waals surface area contributed by atoms with E-state index in [2.05, 4.69) is 6.58 Å². The van der Waals surface area contributed by atoms with Gasteiger partial charge in [0.05, 0.1) is 6.61 Å². The molecule has 0 spiro atoms. The van der Waals surface area contributed by atoms with Crippen LogP contribution in [0.15, 0.2) is 12.2 Å². The van der Waals surface area contributed by atoms with Crippen LogP contribution in [0, 0.1) is 0 Å². The van der Waals surface area contributed by atoms with Crippen LogP contribution in [0.3, 0.4) is 0 Å². The molecule has 0 amide bonds. The Morgan fingerprint density at radius 3 is 2.00 bits per heavy atom. The second-order valence-corrected chi connectivity index (χ2v) is 6.10. The number of ether oxygens (including phenoxy) is 1. The summed E-state index contributed by atoms with van der Waals surface area (Å²) in [5.41, 5.74) is 0.399. The summed E-state index contributed by atoms with van der Waals surface area (Å²) in [6.07, 6.45) is 1.41. The van der Waals surface area contributed by atoms with Gasteiger partial charge in [-0.05, 0) is 19.8 Å².